The van der Waals surface area contributed by atoms with Gasteiger partial charge in [-0.1, -0.05) is 19.9 Å². The fraction of sp³-hybridized carbons (Fsp3) is 0.769. The molecular formula is C13H25N3O. The van der Waals surface area contributed by atoms with Crippen LogP contribution in [0.2, 0.25) is 0 Å². The van der Waals surface area contributed by atoms with Gasteiger partial charge < -0.3 is 10.6 Å². The van der Waals surface area contributed by atoms with Gasteiger partial charge in [-0.15, -0.1) is 6.58 Å². The number of nitrogens with zero attached hydrogens (tertiary/aromatic N) is 2. The predicted molar refractivity (Wildman–Crippen MR) is 70.6 cm³/mol. The first-order valence-electron chi connectivity index (χ1n) is 6.42. The second kappa shape index (κ2) is 6.77. The zero-order valence-corrected chi connectivity index (χ0v) is 11.1. The van der Waals surface area contributed by atoms with E-state index >= 15 is 0 Å². The van der Waals surface area contributed by atoms with Crippen LogP contribution >= 0.6 is 0 Å². The summed E-state index contributed by atoms with van der Waals surface area (Å²) in [4.78, 5) is 16.3. The van der Waals surface area contributed by atoms with Crippen molar-refractivity contribution in [3.63, 3.8) is 0 Å². The quantitative estimate of drug-likeness (QED) is 0.718. The monoisotopic (exact) mass is 239 g/mol. The number of amides is 1. The van der Waals surface area contributed by atoms with Crippen LogP contribution in [-0.2, 0) is 4.79 Å². The third kappa shape index (κ3) is 4.48. The van der Waals surface area contributed by atoms with Crippen molar-refractivity contribution in [3.8, 4) is 0 Å². The summed E-state index contributed by atoms with van der Waals surface area (Å²) >= 11 is 0. The molecule has 1 atom stereocenters. The lowest BCUT2D eigenvalue weighted by Crippen LogP contribution is -2.53. The molecule has 1 unspecified atom stereocenters. The van der Waals surface area contributed by atoms with Crippen molar-refractivity contribution >= 4 is 5.91 Å². The zero-order chi connectivity index (χ0) is 12.8. The van der Waals surface area contributed by atoms with Crippen LogP contribution in [0.15, 0.2) is 12.7 Å². The molecule has 0 bridgehead atoms. The molecule has 4 nitrogen and oxygen atoms in total. The predicted octanol–water partition coefficient (Wildman–Crippen LogP) is 0.690. The topological polar surface area (TPSA) is 49.6 Å². The van der Waals surface area contributed by atoms with Crippen molar-refractivity contribution in [2.24, 2.45) is 11.7 Å². The Morgan fingerprint density at radius 3 is 2.41 bits per heavy atom. The Balaban J connectivity index is 2.37. The number of hydrogen-bond acceptors (Lipinski definition) is 3. The number of piperazine rings is 1. The summed E-state index contributed by atoms with van der Waals surface area (Å²) < 4.78 is 0. The SMILES string of the molecule is C=CCN1CCN(C(=O)C(N)CC(C)C)CC1. The molecule has 1 rings (SSSR count). The molecule has 0 saturated carbocycles. The summed E-state index contributed by atoms with van der Waals surface area (Å²) in [5, 5.41) is 0. The van der Waals surface area contributed by atoms with Gasteiger partial charge in [-0.2, -0.15) is 0 Å². The van der Waals surface area contributed by atoms with E-state index in [4.69, 9.17) is 5.73 Å². The second-order valence-electron chi connectivity index (χ2n) is 5.15. The van der Waals surface area contributed by atoms with Gasteiger partial charge in [0.15, 0.2) is 0 Å². The molecule has 0 aromatic carbocycles. The van der Waals surface area contributed by atoms with Crippen LogP contribution in [-0.4, -0.2) is 54.5 Å². The Morgan fingerprint density at radius 1 is 1.35 bits per heavy atom. The summed E-state index contributed by atoms with van der Waals surface area (Å²) in [5.41, 5.74) is 5.92. The minimum absolute atomic E-state index is 0.108. The van der Waals surface area contributed by atoms with Crippen LogP contribution < -0.4 is 5.73 Å². The van der Waals surface area contributed by atoms with Gasteiger partial charge in [0.1, 0.15) is 0 Å². The fourth-order valence-electron chi connectivity index (χ4n) is 2.18. The van der Waals surface area contributed by atoms with Crippen LogP contribution in [0.5, 0.6) is 0 Å². The highest BCUT2D eigenvalue weighted by molar-refractivity contribution is 5.81. The van der Waals surface area contributed by atoms with Gasteiger partial charge in [0.25, 0.3) is 0 Å². The van der Waals surface area contributed by atoms with E-state index in [1.807, 2.05) is 11.0 Å². The summed E-state index contributed by atoms with van der Waals surface area (Å²) in [6.45, 7) is 12.2. The van der Waals surface area contributed by atoms with Crippen molar-refractivity contribution in [1.29, 1.82) is 0 Å². The van der Waals surface area contributed by atoms with Gasteiger partial charge in [-0.05, 0) is 12.3 Å². The first-order chi connectivity index (χ1) is 8.04. The highest BCUT2D eigenvalue weighted by Crippen LogP contribution is 2.08. The molecule has 0 aromatic rings. The van der Waals surface area contributed by atoms with E-state index in [-0.39, 0.29) is 11.9 Å². The van der Waals surface area contributed by atoms with E-state index in [9.17, 15) is 4.79 Å². The van der Waals surface area contributed by atoms with Crippen molar-refractivity contribution in [2.45, 2.75) is 26.3 Å². The first kappa shape index (κ1) is 14.2. The minimum Gasteiger partial charge on any atom is -0.339 e. The Morgan fingerprint density at radius 2 is 1.94 bits per heavy atom. The van der Waals surface area contributed by atoms with Crippen molar-refractivity contribution < 1.29 is 4.79 Å². The molecule has 0 spiro atoms. The van der Waals surface area contributed by atoms with E-state index in [1.165, 1.54) is 0 Å². The Hall–Kier alpha value is -0.870. The molecule has 1 fully saturated rings. The lowest BCUT2D eigenvalue weighted by atomic mass is 10.0. The number of carbonyl (C=O) groups excluding carboxylic acids is 1. The molecule has 4 heteroatoms. The first-order valence-corrected chi connectivity index (χ1v) is 6.42. The van der Waals surface area contributed by atoms with Crippen molar-refractivity contribution in [3.05, 3.63) is 12.7 Å². The minimum atomic E-state index is -0.332. The van der Waals surface area contributed by atoms with E-state index in [0.717, 1.165) is 39.1 Å². The molecule has 17 heavy (non-hydrogen) atoms. The average molecular weight is 239 g/mol. The Kier molecular flexibility index (Phi) is 5.65. The largest absolute Gasteiger partial charge is 0.339 e. The zero-order valence-electron chi connectivity index (χ0n) is 11.1. The van der Waals surface area contributed by atoms with Gasteiger partial charge in [-0.25, -0.2) is 0 Å². The standard InChI is InChI=1S/C13H25N3O/c1-4-5-15-6-8-16(9-7-15)13(17)12(14)10-11(2)3/h4,11-12H,1,5-10,14H2,2-3H3. The van der Waals surface area contributed by atoms with Crippen molar-refractivity contribution in [1.82, 2.24) is 9.80 Å². The van der Waals surface area contributed by atoms with Crippen molar-refractivity contribution in [2.75, 3.05) is 32.7 Å². The maximum absolute atomic E-state index is 12.1. The van der Waals surface area contributed by atoms with Gasteiger partial charge in [-0.3, -0.25) is 9.69 Å². The van der Waals surface area contributed by atoms with Gasteiger partial charge in [0.05, 0.1) is 6.04 Å². The van der Waals surface area contributed by atoms with Crippen LogP contribution in [0.25, 0.3) is 0 Å². The third-order valence-corrected chi connectivity index (χ3v) is 3.11. The normalized spacial score (nSPS) is 19.4. The van der Waals surface area contributed by atoms with E-state index in [1.54, 1.807) is 0 Å². The lowest BCUT2D eigenvalue weighted by Gasteiger charge is -2.35. The van der Waals surface area contributed by atoms with E-state index in [2.05, 4.69) is 25.3 Å². The molecule has 1 aliphatic rings. The summed E-state index contributed by atoms with van der Waals surface area (Å²) in [6, 6.07) is -0.332. The molecule has 0 radical (unpaired) electrons. The fourth-order valence-corrected chi connectivity index (χ4v) is 2.18. The summed E-state index contributed by atoms with van der Waals surface area (Å²) in [7, 11) is 0. The Labute approximate surface area is 104 Å². The highest BCUT2D eigenvalue weighted by Gasteiger charge is 2.24. The second-order valence-corrected chi connectivity index (χ2v) is 5.15. The average Bonchev–Trinajstić information content (AvgIpc) is 2.28. The molecule has 98 valence electrons. The van der Waals surface area contributed by atoms with Crippen LogP contribution in [0.3, 0.4) is 0 Å². The van der Waals surface area contributed by atoms with E-state index in [0.29, 0.717) is 5.92 Å². The maximum atomic E-state index is 12.1. The number of nitrogens with two attached hydrogens (primary N) is 1. The molecule has 0 aliphatic carbocycles. The molecule has 0 aromatic heterocycles. The smallest absolute Gasteiger partial charge is 0.239 e. The lowest BCUT2D eigenvalue weighted by molar-refractivity contribution is -0.134. The summed E-state index contributed by atoms with van der Waals surface area (Å²) in [5.74, 6) is 0.577. The van der Waals surface area contributed by atoms with Gasteiger partial charge in [0.2, 0.25) is 5.91 Å². The van der Waals surface area contributed by atoms with Gasteiger partial charge in [0, 0.05) is 32.7 Å². The number of hydrogen-bond donors (Lipinski definition) is 1. The van der Waals surface area contributed by atoms with Crippen LogP contribution in [0.4, 0.5) is 0 Å². The molecule has 1 amide bonds. The number of rotatable bonds is 5. The third-order valence-electron chi connectivity index (χ3n) is 3.11. The highest BCUT2D eigenvalue weighted by atomic mass is 16.2. The van der Waals surface area contributed by atoms with Crippen LogP contribution in [0, 0.1) is 5.92 Å². The molecule has 2 N–H and O–H groups in total. The van der Waals surface area contributed by atoms with Crippen LogP contribution in [0.1, 0.15) is 20.3 Å². The number of carbonyl (C=O) groups is 1. The summed E-state index contributed by atoms with van der Waals surface area (Å²) in [6.07, 6.45) is 2.67. The maximum Gasteiger partial charge on any atom is 0.239 e. The van der Waals surface area contributed by atoms with E-state index < -0.39 is 0 Å². The molecular weight excluding hydrogens is 214 g/mol. The Bertz CT molecular complexity index is 257. The van der Waals surface area contributed by atoms with Gasteiger partial charge >= 0.3 is 0 Å². The molecule has 1 aliphatic heterocycles. The molecule has 1 saturated heterocycles. The molecule has 1 heterocycles.